The second kappa shape index (κ2) is 7.66. The minimum absolute atomic E-state index is 0.125. The standard InChI is InChI=1S/C16H15N3O4S2/c1-3-22-14(21)13-9(2)17-15(25-13)19-12(20)8-24-16-18-10-6-4-5-7-11(10)23-16/h4-7H,3,8H2,1-2H3,(H,17,19,20). The summed E-state index contributed by atoms with van der Waals surface area (Å²) in [4.78, 5) is 32.7. The lowest BCUT2D eigenvalue weighted by atomic mass is 10.3. The molecule has 0 atom stereocenters. The number of anilines is 1. The number of fused-ring (bicyclic) bond motifs is 1. The van der Waals surface area contributed by atoms with E-state index in [0.29, 0.717) is 33.1 Å². The highest BCUT2D eigenvalue weighted by atomic mass is 32.2. The predicted molar refractivity (Wildman–Crippen MR) is 96.2 cm³/mol. The largest absolute Gasteiger partial charge is 0.462 e. The molecule has 0 aliphatic heterocycles. The van der Waals surface area contributed by atoms with E-state index in [-0.39, 0.29) is 11.7 Å². The van der Waals surface area contributed by atoms with Gasteiger partial charge in [0.1, 0.15) is 10.4 Å². The van der Waals surface area contributed by atoms with Crippen molar-refractivity contribution in [1.29, 1.82) is 0 Å². The third-order valence-corrected chi connectivity index (χ3v) is 4.99. The highest BCUT2D eigenvalue weighted by Crippen LogP contribution is 2.25. The molecule has 0 aliphatic rings. The van der Waals surface area contributed by atoms with E-state index in [2.05, 4.69) is 15.3 Å². The first kappa shape index (κ1) is 17.4. The SMILES string of the molecule is CCOC(=O)c1sc(NC(=O)CSc2nc3ccccc3o2)nc1C. The number of amides is 1. The van der Waals surface area contributed by atoms with Gasteiger partial charge in [-0.15, -0.1) is 0 Å². The van der Waals surface area contributed by atoms with Crippen LogP contribution in [-0.4, -0.2) is 34.2 Å². The zero-order chi connectivity index (χ0) is 17.8. The number of ether oxygens (including phenoxy) is 1. The van der Waals surface area contributed by atoms with Gasteiger partial charge >= 0.3 is 5.97 Å². The van der Waals surface area contributed by atoms with Gasteiger partial charge in [-0.25, -0.2) is 14.8 Å². The highest BCUT2D eigenvalue weighted by molar-refractivity contribution is 7.99. The van der Waals surface area contributed by atoms with E-state index in [4.69, 9.17) is 9.15 Å². The number of nitrogens with one attached hydrogen (secondary N) is 1. The Balaban J connectivity index is 1.59. The zero-order valence-corrected chi connectivity index (χ0v) is 15.2. The van der Waals surface area contributed by atoms with Crippen LogP contribution in [0.2, 0.25) is 0 Å². The van der Waals surface area contributed by atoms with E-state index < -0.39 is 5.97 Å². The molecule has 25 heavy (non-hydrogen) atoms. The van der Waals surface area contributed by atoms with Gasteiger partial charge in [0.2, 0.25) is 5.91 Å². The van der Waals surface area contributed by atoms with Gasteiger partial charge in [0.25, 0.3) is 5.22 Å². The monoisotopic (exact) mass is 377 g/mol. The lowest BCUT2D eigenvalue weighted by molar-refractivity contribution is -0.113. The van der Waals surface area contributed by atoms with Crippen molar-refractivity contribution < 1.29 is 18.7 Å². The van der Waals surface area contributed by atoms with E-state index in [1.165, 1.54) is 11.8 Å². The Morgan fingerprint density at radius 3 is 2.88 bits per heavy atom. The highest BCUT2D eigenvalue weighted by Gasteiger charge is 2.18. The first-order valence-corrected chi connectivity index (χ1v) is 9.29. The van der Waals surface area contributed by atoms with E-state index in [9.17, 15) is 9.59 Å². The molecule has 1 aromatic carbocycles. The maximum atomic E-state index is 12.1. The molecular formula is C16H15N3O4S2. The molecule has 0 radical (unpaired) electrons. The second-order valence-corrected chi connectivity index (χ2v) is 6.86. The fourth-order valence-electron chi connectivity index (χ4n) is 2.03. The molecule has 2 heterocycles. The van der Waals surface area contributed by atoms with Crippen LogP contribution >= 0.6 is 23.1 Å². The van der Waals surface area contributed by atoms with Crippen molar-refractivity contribution in [2.75, 3.05) is 17.7 Å². The van der Waals surface area contributed by atoms with Gasteiger partial charge in [-0.2, -0.15) is 0 Å². The fraction of sp³-hybridized carbons (Fsp3) is 0.250. The smallest absolute Gasteiger partial charge is 0.350 e. The molecular weight excluding hydrogens is 362 g/mol. The fourth-order valence-corrected chi connectivity index (χ4v) is 3.55. The molecule has 3 rings (SSSR count). The van der Waals surface area contributed by atoms with E-state index in [0.717, 1.165) is 16.9 Å². The van der Waals surface area contributed by atoms with Crippen molar-refractivity contribution >= 4 is 51.2 Å². The van der Waals surface area contributed by atoms with Crippen LogP contribution in [0.15, 0.2) is 33.9 Å². The number of aromatic nitrogens is 2. The van der Waals surface area contributed by atoms with Gasteiger partial charge in [0.15, 0.2) is 10.7 Å². The molecule has 0 saturated carbocycles. The van der Waals surface area contributed by atoms with Crippen LogP contribution in [0.1, 0.15) is 22.3 Å². The van der Waals surface area contributed by atoms with Crippen LogP contribution in [0.3, 0.4) is 0 Å². The summed E-state index contributed by atoms with van der Waals surface area (Å²) in [6.07, 6.45) is 0. The first-order valence-electron chi connectivity index (χ1n) is 7.49. The maximum absolute atomic E-state index is 12.1. The first-order chi connectivity index (χ1) is 12.1. The van der Waals surface area contributed by atoms with E-state index in [1.54, 1.807) is 13.8 Å². The van der Waals surface area contributed by atoms with Crippen LogP contribution in [0, 0.1) is 6.92 Å². The third-order valence-electron chi connectivity index (χ3n) is 3.10. The number of para-hydroxylation sites is 2. The summed E-state index contributed by atoms with van der Waals surface area (Å²) in [5.41, 5.74) is 1.96. The Morgan fingerprint density at radius 2 is 2.12 bits per heavy atom. The number of esters is 1. The summed E-state index contributed by atoms with van der Waals surface area (Å²) < 4.78 is 10.5. The number of thiazole rings is 1. The lowest BCUT2D eigenvalue weighted by Gasteiger charge is -1.99. The minimum atomic E-state index is -0.432. The Kier molecular flexibility index (Phi) is 5.34. The van der Waals surface area contributed by atoms with Gasteiger partial charge in [0, 0.05) is 0 Å². The molecule has 7 nitrogen and oxygen atoms in total. The van der Waals surface area contributed by atoms with Gasteiger partial charge in [0.05, 0.1) is 18.1 Å². The van der Waals surface area contributed by atoms with Crippen LogP contribution < -0.4 is 5.32 Å². The molecule has 3 aromatic rings. The summed E-state index contributed by atoms with van der Waals surface area (Å²) in [6.45, 7) is 3.73. The van der Waals surface area contributed by atoms with Gasteiger partial charge < -0.3 is 14.5 Å². The molecule has 0 aliphatic carbocycles. The molecule has 0 bridgehead atoms. The number of aryl methyl sites for hydroxylation is 1. The van der Waals surface area contributed by atoms with Crippen LogP contribution in [0.25, 0.3) is 11.1 Å². The van der Waals surface area contributed by atoms with Crippen LogP contribution in [0.5, 0.6) is 0 Å². The van der Waals surface area contributed by atoms with Crippen molar-refractivity contribution in [2.45, 2.75) is 19.1 Å². The van der Waals surface area contributed by atoms with Gasteiger partial charge in [-0.1, -0.05) is 35.2 Å². The molecule has 1 amide bonds. The third kappa shape index (κ3) is 4.18. The number of carbonyl (C=O) groups is 2. The summed E-state index contributed by atoms with van der Waals surface area (Å²) >= 11 is 2.29. The van der Waals surface area contributed by atoms with Crippen molar-refractivity contribution in [3.8, 4) is 0 Å². The molecule has 0 fully saturated rings. The number of carbonyl (C=O) groups excluding carboxylic acids is 2. The van der Waals surface area contributed by atoms with Gasteiger partial charge in [-0.05, 0) is 26.0 Å². The maximum Gasteiger partial charge on any atom is 0.350 e. The molecule has 9 heteroatoms. The van der Waals surface area contributed by atoms with Crippen molar-refractivity contribution in [2.24, 2.45) is 0 Å². The molecule has 0 saturated heterocycles. The van der Waals surface area contributed by atoms with Crippen LogP contribution in [0.4, 0.5) is 5.13 Å². The van der Waals surface area contributed by atoms with Crippen molar-refractivity contribution in [1.82, 2.24) is 9.97 Å². The van der Waals surface area contributed by atoms with Crippen LogP contribution in [-0.2, 0) is 9.53 Å². The number of thioether (sulfide) groups is 1. The number of rotatable bonds is 6. The minimum Gasteiger partial charge on any atom is -0.462 e. The topological polar surface area (TPSA) is 94.3 Å². The summed E-state index contributed by atoms with van der Waals surface area (Å²) in [5, 5.41) is 3.47. The van der Waals surface area contributed by atoms with Crippen molar-refractivity contribution in [3.63, 3.8) is 0 Å². The normalized spacial score (nSPS) is 10.8. The molecule has 2 aromatic heterocycles. The predicted octanol–water partition coefficient (Wildman–Crippen LogP) is 3.50. The number of hydrogen-bond acceptors (Lipinski definition) is 8. The van der Waals surface area contributed by atoms with Gasteiger partial charge in [-0.3, -0.25) is 4.79 Å². The molecule has 130 valence electrons. The molecule has 0 spiro atoms. The molecule has 1 N–H and O–H groups in total. The Labute approximate surface area is 151 Å². The Hall–Kier alpha value is -2.39. The average molecular weight is 377 g/mol. The van der Waals surface area contributed by atoms with E-state index in [1.807, 2.05) is 24.3 Å². The average Bonchev–Trinajstić information content (AvgIpc) is 3.16. The second-order valence-electron chi connectivity index (χ2n) is 4.94. The number of hydrogen-bond donors (Lipinski definition) is 1. The Bertz CT molecular complexity index is 886. The number of nitrogens with zero attached hydrogens (tertiary/aromatic N) is 2. The summed E-state index contributed by atoms with van der Waals surface area (Å²) in [7, 11) is 0. The molecule has 0 unspecified atom stereocenters. The van der Waals surface area contributed by atoms with E-state index >= 15 is 0 Å². The number of benzene rings is 1. The zero-order valence-electron chi connectivity index (χ0n) is 13.6. The Morgan fingerprint density at radius 1 is 1.32 bits per heavy atom. The van der Waals surface area contributed by atoms with Crippen molar-refractivity contribution in [3.05, 3.63) is 34.8 Å². The quantitative estimate of drug-likeness (QED) is 0.519. The number of oxazole rings is 1. The summed E-state index contributed by atoms with van der Waals surface area (Å²) in [5.74, 6) is -0.560. The lowest BCUT2D eigenvalue weighted by Crippen LogP contribution is -2.13. The summed E-state index contributed by atoms with van der Waals surface area (Å²) in [6, 6.07) is 7.40.